The maximum absolute atomic E-state index is 11.7. The largest absolute Gasteiger partial charge is 0.331 e. The van der Waals surface area contributed by atoms with Gasteiger partial charge < -0.3 is 4.57 Å². The van der Waals surface area contributed by atoms with Gasteiger partial charge in [0.05, 0.1) is 5.02 Å². The lowest BCUT2D eigenvalue weighted by molar-refractivity contribution is -0.124. The number of hydrogen-bond acceptors (Lipinski definition) is 3. The maximum atomic E-state index is 11.7. The molecular formula is C10H12ClN3O. The van der Waals surface area contributed by atoms with Gasteiger partial charge in [-0.25, -0.2) is 0 Å². The Morgan fingerprint density at radius 1 is 1.47 bits per heavy atom. The Morgan fingerprint density at radius 3 is 3.20 bits per heavy atom. The Kier molecular flexibility index (Phi) is 2.09. The first-order valence-electron chi connectivity index (χ1n) is 5.11. The predicted octanol–water partition coefficient (Wildman–Crippen LogP) is 0.674. The van der Waals surface area contributed by atoms with Crippen LogP contribution in [0.1, 0.15) is 18.3 Å². The third-order valence-corrected chi connectivity index (χ3v) is 3.30. The normalized spacial score (nSPS) is 29.8. The number of carbonyl (C=O) groups excluding carboxylic acids is 1. The number of ketones is 1. The van der Waals surface area contributed by atoms with Crippen LogP contribution in [0, 0.1) is 0 Å². The van der Waals surface area contributed by atoms with Crippen LogP contribution in [0.25, 0.3) is 0 Å². The van der Waals surface area contributed by atoms with Crippen LogP contribution in [-0.4, -0.2) is 22.9 Å². The van der Waals surface area contributed by atoms with E-state index in [1.807, 2.05) is 12.3 Å². The summed E-state index contributed by atoms with van der Waals surface area (Å²) in [6.07, 6.45) is 2.53. The molecule has 15 heavy (non-hydrogen) atoms. The van der Waals surface area contributed by atoms with E-state index in [4.69, 9.17) is 11.6 Å². The number of rotatable bonds is 0. The Bertz CT molecular complexity index is 415. The molecule has 0 aliphatic carbocycles. The van der Waals surface area contributed by atoms with E-state index < -0.39 is 0 Å². The van der Waals surface area contributed by atoms with Crippen molar-refractivity contribution >= 4 is 17.4 Å². The average Bonchev–Trinajstić information content (AvgIpc) is 2.59. The van der Waals surface area contributed by atoms with Crippen LogP contribution in [0.3, 0.4) is 0 Å². The number of carbonyl (C=O) groups is 1. The Balaban J connectivity index is 2.01. The summed E-state index contributed by atoms with van der Waals surface area (Å²) in [6.45, 7) is 1.46. The number of nitrogens with zero attached hydrogens (tertiary/aromatic N) is 1. The van der Waals surface area contributed by atoms with Crippen molar-refractivity contribution in [1.29, 1.82) is 0 Å². The molecule has 3 heterocycles. The second kappa shape index (κ2) is 3.33. The van der Waals surface area contributed by atoms with Crippen molar-refractivity contribution < 1.29 is 4.79 Å². The molecule has 3 rings (SSSR count). The molecule has 0 saturated carbocycles. The molecule has 0 spiro atoms. The fourth-order valence-electron chi connectivity index (χ4n) is 2.38. The zero-order valence-electron chi connectivity index (χ0n) is 8.16. The van der Waals surface area contributed by atoms with Crippen LogP contribution in [0.4, 0.5) is 0 Å². The third kappa shape index (κ3) is 1.40. The fraction of sp³-hybridized carbons (Fsp3) is 0.500. The lowest BCUT2D eigenvalue weighted by Gasteiger charge is -2.37. The molecule has 80 valence electrons. The van der Waals surface area contributed by atoms with Crippen molar-refractivity contribution in [3.05, 3.63) is 23.0 Å². The van der Waals surface area contributed by atoms with E-state index in [2.05, 4.69) is 15.2 Å². The smallest absolute Gasteiger partial charge is 0.154 e. The summed E-state index contributed by atoms with van der Waals surface area (Å²) < 4.78 is 2.07. The standard InChI is InChI=1S/C10H12ClN3O/c11-6-3-7-4-13-9-8(15)1-2-12-10(9)14(7)5-6/h3,5,9-10,12-13H,1-2,4H2. The van der Waals surface area contributed by atoms with E-state index in [1.54, 1.807) is 0 Å². The molecule has 0 aromatic carbocycles. The Morgan fingerprint density at radius 2 is 2.33 bits per heavy atom. The van der Waals surface area contributed by atoms with Gasteiger partial charge in [-0.2, -0.15) is 0 Å². The second-order valence-corrected chi connectivity index (χ2v) is 4.47. The Labute approximate surface area is 92.6 Å². The lowest BCUT2D eigenvalue weighted by atomic mass is 10.0. The zero-order valence-corrected chi connectivity index (χ0v) is 8.92. The predicted molar refractivity (Wildman–Crippen MR) is 56.7 cm³/mol. The van der Waals surface area contributed by atoms with E-state index in [0.29, 0.717) is 13.0 Å². The van der Waals surface area contributed by atoms with Crippen molar-refractivity contribution in [1.82, 2.24) is 15.2 Å². The van der Waals surface area contributed by atoms with Gasteiger partial charge >= 0.3 is 0 Å². The second-order valence-electron chi connectivity index (χ2n) is 4.03. The molecule has 2 aliphatic rings. The van der Waals surface area contributed by atoms with Gasteiger partial charge in [-0.1, -0.05) is 11.6 Å². The number of halogens is 1. The summed E-state index contributed by atoms with van der Waals surface area (Å²) in [5.74, 6) is 0.286. The molecule has 1 aromatic rings. The lowest BCUT2D eigenvalue weighted by Crippen LogP contribution is -2.56. The monoisotopic (exact) mass is 225 g/mol. The highest BCUT2D eigenvalue weighted by atomic mass is 35.5. The molecule has 0 radical (unpaired) electrons. The van der Waals surface area contributed by atoms with Crippen LogP contribution in [0.2, 0.25) is 5.02 Å². The highest BCUT2D eigenvalue weighted by Crippen LogP contribution is 2.26. The number of piperidine rings is 1. The molecule has 2 atom stereocenters. The number of hydrogen-bond donors (Lipinski definition) is 2. The molecule has 1 saturated heterocycles. The van der Waals surface area contributed by atoms with Gasteiger partial charge in [0, 0.05) is 31.4 Å². The van der Waals surface area contributed by atoms with E-state index in [0.717, 1.165) is 17.3 Å². The molecule has 4 nitrogen and oxygen atoms in total. The van der Waals surface area contributed by atoms with E-state index in [1.165, 1.54) is 0 Å². The van der Waals surface area contributed by atoms with Crippen molar-refractivity contribution in [2.75, 3.05) is 6.54 Å². The number of nitrogens with one attached hydrogen (secondary N) is 2. The third-order valence-electron chi connectivity index (χ3n) is 3.09. The number of fused-ring (bicyclic) bond motifs is 3. The molecule has 0 bridgehead atoms. The number of Topliss-reactive ketones (excluding diaryl/α,β-unsaturated/α-hetero) is 1. The van der Waals surface area contributed by atoms with Crippen LogP contribution in [0.15, 0.2) is 12.3 Å². The van der Waals surface area contributed by atoms with Gasteiger partial charge in [-0.05, 0) is 6.07 Å². The minimum Gasteiger partial charge on any atom is -0.331 e. The minimum absolute atomic E-state index is 0.0301. The summed E-state index contributed by atoms with van der Waals surface area (Å²) in [4.78, 5) is 11.7. The van der Waals surface area contributed by atoms with Gasteiger partial charge in [0.15, 0.2) is 5.78 Å². The van der Waals surface area contributed by atoms with Gasteiger partial charge in [-0.3, -0.25) is 15.4 Å². The maximum Gasteiger partial charge on any atom is 0.154 e. The zero-order chi connectivity index (χ0) is 10.4. The summed E-state index contributed by atoms with van der Waals surface area (Å²) in [7, 11) is 0. The Hall–Kier alpha value is -0.840. The molecular weight excluding hydrogens is 214 g/mol. The average molecular weight is 226 g/mol. The minimum atomic E-state index is -0.102. The van der Waals surface area contributed by atoms with Gasteiger partial charge in [-0.15, -0.1) is 0 Å². The first-order chi connectivity index (χ1) is 7.25. The fourth-order valence-corrected chi connectivity index (χ4v) is 2.61. The molecule has 2 unspecified atom stereocenters. The summed E-state index contributed by atoms with van der Waals surface area (Å²) >= 11 is 5.96. The highest BCUT2D eigenvalue weighted by Gasteiger charge is 2.36. The van der Waals surface area contributed by atoms with Crippen LogP contribution >= 0.6 is 11.6 Å². The summed E-state index contributed by atoms with van der Waals surface area (Å²) in [5.41, 5.74) is 1.13. The van der Waals surface area contributed by atoms with E-state index in [9.17, 15) is 4.79 Å². The molecule has 0 amide bonds. The highest BCUT2D eigenvalue weighted by molar-refractivity contribution is 6.30. The molecule has 1 fully saturated rings. The van der Waals surface area contributed by atoms with Crippen molar-refractivity contribution in [3.63, 3.8) is 0 Å². The van der Waals surface area contributed by atoms with Crippen molar-refractivity contribution in [3.8, 4) is 0 Å². The number of aromatic nitrogens is 1. The first-order valence-corrected chi connectivity index (χ1v) is 5.49. The molecule has 2 N–H and O–H groups in total. The quantitative estimate of drug-likeness (QED) is 0.683. The molecule has 5 heteroatoms. The van der Waals surface area contributed by atoms with Gasteiger partial charge in [0.25, 0.3) is 0 Å². The topological polar surface area (TPSA) is 46.1 Å². The summed E-state index contributed by atoms with van der Waals surface area (Å²) in [5, 5.41) is 7.32. The van der Waals surface area contributed by atoms with Crippen molar-refractivity contribution in [2.45, 2.75) is 25.2 Å². The molecule has 2 aliphatic heterocycles. The van der Waals surface area contributed by atoms with Gasteiger partial charge in [0.1, 0.15) is 12.2 Å². The summed E-state index contributed by atoms with van der Waals surface area (Å²) in [6, 6.07) is 1.83. The molecule has 1 aromatic heterocycles. The van der Waals surface area contributed by atoms with Gasteiger partial charge in [0.2, 0.25) is 0 Å². The van der Waals surface area contributed by atoms with Crippen molar-refractivity contribution in [2.24, 2.45) is 0 Å². The van der Waals surface area contributed by atoms with Crippen LogP contribution < -0.4 is 10.6 Å². The first kappa shape index (κ1) is 9.39. The SMILES string of the molecule is O=C1CCNC2C1NCc1cc(Cl)cn12. The van der Waals surface area contributed by atoms with Crippen LogP contribution in [-0.2, 0) is 11.3 Å². The van der Waals surface area contributed by atoms with E-state index in [-0.39, 0.29) is 18.0 Å². The van der Waals surface area contributed by atoms with E-state index >= 15 is 0 Å². The van der Waals surface area contributed by atoms with Crippen LogP contribution in [0.5, 0.6) is 0 Å².